The monoisotopic (exact) mass is 496 g/mol. The lowest BCUT2D eigenvalue weighted by atomic mass is 10.2. The molecule has 12 heteroatoms. The Hall–Kier alpha value is -2.34. The maximum atomic E-state index is 13.4. The molecule has 2 heterocycles. The molecule has 0 bridgehead atoms. The largest absolute Gasteiger partial charge is 0.476 e. The standard InChI is InChI=1S/C19H17ClN4O4S3/c1-11-3-6-13(7-4-11)31(26,27)24-10-16(28-15-8-5-12(20)9-14(15)24)17(25)21-18-22-23-19(29-2)30-18/h3-9,16H,10H2,1-2H3,(H,21,22,25)/t16-/m0/s1. The molecule has 1 aromatic heterocycles. The van der Waals surface area contributed by atoms with Crippen LogP contribution in [-0.4, -0.2) is 43.4 Å². The SMILES string of the molecule is CSc1nnc(NC(=O)[C@@H]2CN(S(=O)(=O)c3ccc(C)cc3)c3cc(Cl)ccc3O2)s1. The summed E-state index contributed by atoms with van der Waals surface area (Å²) in [6.07, 6.45) is 0.766. The number of nitrogens with one attached hydrogen (secondary N) is 1. The van der Waals surface area contributed by atoms with Crippen molar-refractivity contribution in [3.05, 3.63) is 53.1 Å². The number of rotatable bonds is 5. The summed E-state index contributed by atoms with van der Waals surface area (Å²) in [5, 5.41) is 11.2. The topological polar surface area (TPSA) is 101 Å². The van der Waals surface area contributed by atoms with Gasteiger partial charge in [0.25, 0.3) is 15.9 Å². The van der Waals surface area contributed by atoms with E-state index in [0.29, 0.717) is 14.5 Å². The number of anilines is 2. The minimum Gasteiger partial charge on any atom is -0.476 e. The number of sulfonamides is 1. The highest BCUT2D eigenvalue weighted by molar-refractivity contribution is 8.00. The van der Waals surface area contributed by atoms with Gasteiger partial charge in [0.1, 0.15) is 5.75 Å². The molecule has 0 fully saturated rings. The third-order valence-corrected chi connectivity index (χ3v) is 8.35. The van der Waals surface area contributed by atoms with Crippen molar-refractivity contribution in [1.29, 1.82) is 0 Å². The number of aryl methyl sites for hydroxylation is 1. The van der Waals surface area contributed by atoms with Crippen LogP contribution in [0.1, 0.15) is 5.56 Å². The van der Waals surface area contributed by atoms with Crippen molar-refractivity contribution < 1.29 is 17.9 Å². The molecule has 0 aliphatic carbocycles. The van der Waals surface area contributed by atoms with Crippen LogP contribution in [0.5, 0.6) is 5.75 Å². The number of aromatic nitrogens is 2. The van der Waals surface area contributed by atoms with Gasteiger partial charge in [0.05, 0.1) is 17.1 Å². The van der Waals surface area contributed by atoms with Crippen molar-refractivity contribution >= 4 is 61.4 Å². The van der Waals surface area contributed by atoms with Gasteiger partial charge in [0.2, 0.25) is 5.13 Å². The van der Waals surface area contributed by atoms with Crippen LogP contribution in [0.3, 0.4) is 0 Å². The normalized spacial score (nSPS) is 15.8. The average molecular weight is 497 g/mol. The fourth-order valence-corrected chi connectivity index (χ4v) is 5.76. The number of hydrogen-bond acceptors (Lipinski definition) is 8. The molecule has 1 aliphatic heterocycles. The molecular weight excluding hydrogens is 480 g/mol. The molecule has 3 aromatic rings. The Morgan fingerprint density at radius 1 is 1.26 bits per heavy atom. The van der Waals surface area contributed by atoms with Gasteiger partial charge >= 0.3 is 0 Å². The highest BCUT2D eigenvalue weighted by Gasteiger charge is 2.38. The molecule has 31 heavy (non-hydrogen) atoms. The van der Waals surface area contributed by atoms with E-state index in [-0.39, 0.29) is 22.9 Å². The molecule has 1 aliphatic rings. The number of fused-ring (bicyclic) bond motifs is 1. The third-order valence-electron chi connectivity index (χ3n) is 4.50. The van der Waals surface area contributed by atoms with Crippen LogP contribution < -0.4 is 14.4 Å². The number of ether oxygens (including phenoxy) is 1. The Morgan fingerprint density at radius 2 is 2.00 bits per heavy atom. The zero-order valence-electron chi connectivity index (χ0n) is 16.4. The van der Waals surface area contributed by atoms with Crippen molar-refractivity contribution in [2.75, 3.05) is 22.4 Å². The third kappa shape index (κ3) is 4.49. The number of thioether (sulfide) groups is 1. The van der Waals surface area contributed by atoms with Gasteiger partial charge in [0.15, 0.2) is 10.4 Å². The van der Waals surface area contributed by atoms with Crippen molar-refractivity contribution in [3.8, 4) is 5.75 Å². The van der Waals surface area contributed by atoms with Gasteiger partial charge < -0.3 is 4.74 Å². The molecule has 1 atom stereocenters. The van der Waals surface area contributed by atoms with Crippen LogP contribution >= 0.6 is 34.7 Å². The van der Waals surface area contributed by atoms with E-state index >= 15 is 0 Å². The highest BCUT2D eigenvalue weighted by Crippen LogP contribution is 2.39. The molecule has 0 radical (unpaired) electrons. The van der Waals surface area contributed by atoms with Crippen LogP contribution in [0.15, 0.2) is 51.7 Å². The maximum Gasteiger partial charge on any atom is 0.269 e. The molecule has 0 saturated carbocycles. The first kappa shape index (κ1) is 21.9. The lowest BCUT2D eigenvalue weighted by Gasteiger charge is -2.34. The fourth-order valence-electron chi connectivity index (χ4n) is 2.95. The van der Waals surface area contributed by atoms with Gasteiger partial charge in [-0.3, -0.25) is 14.4 Å². The summed E-state index contributed by atoms with van der Waals surface area (Å²) in [5.41, 5.74) is 1.21. The number of amides is 1. The number of nitrogens with zero attached hydrogens (tertiary/aromatic N) is 3. The Bertz CT molecular complexity index is 1230. The molecular formula is C19H17ClN4O4S3. The van der Waals surface area contributed by atoms with Crippen molar-refractivity contribution in [1.82, 2.24) is 10.2 Å². The number of carbonyl (C=O) groups is 1. The molecule has 8 nitrogen and oxygen atoms in total. The summed E-state index contributed by atoms with van der Waals surface area (Å²) >= 11 is 8.74. The molecule has 2 aromatic carbocycles. The average Bonchev–Trinajstić information content (AvgIpc) is 3.20. The predicted molar refractivity (Wildman–Crippen MR) is 122 cm³/mol. The van der Waals surface area contributed by atoms with Gasteiger partial charge in [-0.15, -0.1) is 10.2 Å². The van der Waals surface area contributed by atoms with Crippen molar-refractivity contribution in [3.63, 3.8) is 0 Å². The number of benzene rings is 2. The van der Waals surface area contributed by atoms with Gasteiger partial charge in [0, 0.05) is 5.02 Å². The fraction of sp³-hybridized carbons (Fsp3) is 0.211. The molecule has 1 amide bonds. The lowest BCUT2D eigenvalue weighted by molar-refractivity contribution is -0.122. The Labute approximate surface area is 192 Å². The number of hydrogen-bond donors (Lipinski definition) is 1. The quantitative estimate of drug-likeness (QED) is 0.423. The Morgan fingerprint density at radius 3 is 2.68 bits per heavy atom. The Balaban J connectivity index is 1.68. The zero-order valence-corrected chi connectivity index (χ0v) is 19.6. The van der Waals surface area contributed by atoms with Crippen LogP contribution in [-0.2, 0) is 14.8 Å². The van der Waals surface area contributed by atoms with Gasteiger partial charge in [-0.2, -0.15) is 0 Å². The van der Waals surface area contributed by atoms with Crippen LogP contribution in [0, 0.1) is 6.92 Å². The second-order valence-electron chi connectivity index (χ2n) is 6.63. The van der Waals surface area contributed by atoms with Crippen LogP contribution in [0.25, 0.3) is 0 Å². The number of carbonyl (C=O) groups excluding carboxylic acids is 1. The van der Waals surface area contributed by atoms with E-state index in [9.17, 15) is 13.2 Å². The van der Waals surface area contributed by atoms with Crippen LogP contribution in [0.2, 0.25) is 5.02 Å². The summed E-state index contributed by atoms with van der Waals surface area (Å²) in [7, 11) is -3.96. The molecule has 4 rings (SSSR count). The minimum absolute atomic E-state index is 0.110. The van der Waals surface area contributed by atoms with Gasteiger partial charge in [-0.1, -0.05) is 52.4 Å². The van der Waals surface area contributed by atoms with Crippen LogP contribution in [0.4, 0.5) is 10.8 Å². The molecule has 0 spiro atoms. The van der Waals surface area contributed by atoms with Crippen molar-refractivity contribution in [2.45, 2.75) is 22.3 Å². The molecule has 0 unspecified atom stereocenters. The van der Waals surface area contributed by atoms with Crippen molar-refractivity contribution in [2.24, 2.45) is 0 Å². The highest BCUT2D eigenvalue weighted by atomic mass is 35.5. The van der Waals surface area contributed by atoms with E-state index < -0.39 is 22.0 Å². The molecule has 162 valence electrons. The first-order valence-corrected chi connectivity index (χ1v) is 12.9. The molecule has 0 saturated heterocycles. The summed E-state index contributed by atoms with van der Waals surface area (Å²) in [5.74, 6) is -0.276. The van der Waals surface area contributed by atoms with E-state index in [1.54, 1.807) is 24.3 Å². The summed E-state index contributed by atoms with van der Waals surface area (Å²) in [6, 6.07) is 11.1. The first-order valence-electron chi connectivity index (χ1n) is 9.02. The second kappa shape index (κ2) is 8.65. The van der Waals surface area contributed by atoms with E-state index in [2.05, 4.69) is 15.5 Å². The maximum absolute atomic E-state index is 13.4. The Kier molecular flexibility index (Phi) is 6.11. The van der Waals surface area contributed by atoms with E-state index in [0.717, 1.165) is 9.87 Å². The smallest absolute Gasteiger partial charge is 0.269 e. The first-order chi connectivity index (χ1) is 14.8. The van der Waals surface area contributed by atoms with E-state index in [1.807, 2.05) is 13.2 Å². The second-order valence-corrected chi connectivity index (χ2v) is 11.0. The molecule has 1 N–H and O–H groups in total. The predicted octanol–water partition coefficient (Wildman–Crippen LogP) is 3.82. The van der Waals surface area contributed by atoms with E-state index in [4.69, 9.17) is 16.3 Å². The minimum atomic E-state index is -3.96. The number of halogens is 1. The van der Waals surface area contributed by atoms with Gasteiger partial charge in [-0.25, -0.2) is 8.42 Å². The summed E-state index contributed by atoms with van der Waals surface area (Å²) < 4.78 is 34.5. The summed E-state index contributed by atoms with van der Waals surface area (Å²) in [4.78, 5) is 13.0. The lowest BCUT2D eigenvalue weighted by Crippen LogP contribution is -2.48. The zero-order chi connectivity index (χ0) is 22.2. The van der Waals surface area contributed by atoms with E-state index in [1.165, 1.54) is 41.3 Å². The van der Waals surface area contributed by atoms with Gasteiger partial charge in [-0.05, 0) is 43.5 Å². The summed E-state index contributed by atoms with van der Waals surface area (Å²) in [6.45, 7) is 1.65.